The van der Waals surface area contributed by atoms with E-state index in [4.69, 9.17) is 14.3 Å². The molecule has 1 heterocycles. The lowest BCUT2D eigenvalue weighted by Crippen LogP contribution is -2.08. The number of nitrogens with zero attached hydrogens (tertiary/aromatic N) is 2. The molecular weight excluding hydrogens is 340 g/mol. The maximum atomic E-state index is 5.64. The van der Waals surface area contributed by atoms with Crippen LogP contribution in [-0.2, 0) is 11.3 Å². The van der Waals surface area contributed by atoms with Gasteiger partial charge in [0, 0.05) is 36.0 Å². The third-order valence-electron chi connectivity index (χ3n) is 4.08. The molecular formula is C22H22N2O3. The van der Waals surface area contributed by atoms with Crippen molar-refractivity contribution in [3.05, 3.63) is 89.7 Å². The zero-order chi connectivity index (χ0) is 18.9. The van der Waals surface area contributed by atoms with Gasteiger partial charge in [-0.1, -0.05) is 35.5 Å². The summed E-state index contributed by atoms with van der Waals surface area (Å²) in [5.74, 6) is 1.37. The van der Waals surface area contributed by atoms with Crippen LogP contribution in [0.1, 0.15) is 16.7 Å². The van der Waals surface area contributed by atoms with Crippen LogP contribution in [0.25, 0.3) is 0 Å². The summed E-state index contributed by atoms with van der Waals surface area (Å²) in [6.07, 6.45) is 4.26. The average molecular weight is 362 g/mol. The maximum absolute atomic E-state index is 5.64. The van der Waals surface area contributed by atoms with Crippen LogP contribution in [0.2, 0.25) is 0 Å². The smallest absolute Gasteiger partial charge is 0.132 e. The van der Waals surface area contributed by atoms with Crippen LogP contribution in [0, 0.1) is 0 Å². The van der Waals surface area contributed by atoms with E-state index in [1.807, 2.05) is 48.5 Å². The van der Waals surface area contributed by atoms with Crippen molar-refractivity contribution in [2.75, 3.05) is 20.8 Å². The number of oxime groups is 1. The second-order valence-electron chi connectivity index (χ2n) is 5.82. The molecule has 0 bridgehead atoms. The highest BCUT2D eigenvalue weighted by Crippen LogP contribution is 2.27. The summed E-state index contributed by atoms with van der Waals surface area (Å²) in [6, 6.07) is 19.6. The van der Waals surface area contributed by atoms with Crippen molar-refractivity contribution in [3.8, 4) is 11.5 Å². The Bertz CT molecular complexity index is 881. The Morgan fingerprint density at radius 2 is 1.81 bits per heavy atom. The van der Waals surface area contributed by atoms with Crippen LogP contribution in [0.5, 0.6) is 11.5 Å². The van der Waals surface area contributed by atoms with Crippen LogP contribution in [-0.4, -0.2) is 31.5 Å². The fourth-order valence-electron chi connectivity index (χ4n) is 2.67. The molecule has 2 aromatic carbocycles. The quantitative estimate of drug-likeness (QED) is 0.344. The Kier molecular flexibility index (Phi) is 6.41. The first-order valence-corrected chi connectivity index (χ1v) is 8.68. The molecule has 3 aromatic rings. The fourth-order valence-corrected chi connectivity index (χ4v) is 2.67. The largest absolute Gasteiger partial charge is 0.497 e. The molecule has 1 aromatic heterocycles. The predicted octanol–water partition coefficient (Wildman–Crippen LogP) is 4.11. The highest BCUT2D eigenvalue weighted by molar-refractivity contribution is 6.14. The van der Waals surface area contributed by atoms with E-state index in [0.29, 0.717) is 23.8 Å². The topological polar surface area (TPSA) is 52.9 Å². The molecule has 27 heavy (non-hydrogen) atoms. The Hall–Kier alpha value is -3.34. The molecule has 0 saturated heterocycles. The maximum Gasteiger partial charge on any atom is 0.132 e. The SMILES string of the molecule is COc1ccc(C(=NOCCc2ccccc2)c2cccnc2)c(OC)c1. The van der Waals surface area contributed by atoms with Crippen molar-refractivity contribution in [3.63, 3.8) is 0 Å². The summed E-state index contributed by atoms with van der Waals surface area (Å²) in [5.41, 5.74) is 3.53. The van der Waals surface area contributed by atoms with Gasteiger partial charge in [0.2, 0.25) is 0 Å². The zero-order valence-electron chi connectivity index (χ0n) is 15.5. The number of pyridine rings is 1. The fraction of sp³-hybridized carbons (Fsp3) is 0.182. The minimum Gasteiger partial charge on any atom is -0.497 e. The Morgan fingerprint density at radius 1 is 0.963 bits per heavy atom. The van der Waals surface area contributed by atoms with Gasteiger partial charge in [0.05, 0.1) is 14.2 Å². The van der Waals surface area contributed by atoms with E-state index in [1.54, 1.807) is 26.6 Å². The molecule has 138 valence electrons. The molecule has 5 heteroatoms. The number of aromatic nitrogens is 1. The van der Waals surface area contributed by atoms with Gasteiger partial charge in [0.1, 0.15) is 23.8 Å². The molecule has 5 nitrogen and oxygen atoms in total. The second-order valence-corrected chi connectivity index (χ2v) is 5.82. The Morgan fingerprint density at radius 3 is 2.52 bits per heavy atom. The molecule has 0 amide bonds. The van der Waals surface area contributed by atoms with E-state index < -0.39 is 0 Å². The number of benzene rings is 2. The molecule has 0 saturated carbocycles. The first-order valence-electron chi connectivity index (χ1n) is 8.68. The van der Waals surface area contributed by atoms with E-state index in [2.05, 4.69) is 22.3 Å². The van der Waals surface area contributed by atoms with Crippen molar-refractivity contribution >= 4 is 5.71 Å². The summed E-state index contributed by atoms with van der Waals surface area (Å²) < 4.78 is 10.8. The van der Waals surface area contributed by atoms with Gasteiger partial charge in [-0.2, -0.15) is 0 Å². The van der Waals surface area contributed by atoms with Gasteiger partial charge in [0.15, 0.2) is 0 Å². The van der Waals surface area contributed by atoms with Gasteiger partial charge in [0.25, 0.3) is 0 Å². The average Bonchev–Trinajstić information content (AvgIpc) is 2.75. The number of methoxy groups -OCH3 is 2. The van der Waals surface area contributed by atoms with E-state index in [-0.39, 0.29) is 0 Å². The van der Waals surface area contributed by atoms with Gasteiger partial charge in [-0.25, -0.2) is 0 Å². The third kappa shape index (κ3) is 4.85. The Labute approximate surface area is 159 Å². The summed E-state index contributed by atoms with van der Waals surface area (Å²) in [6.45, 7) is 0.478. The standard InChI is InChI=1S/C22H22N2O3/c1-25-19-10-11-20(21(15-19)26-2)22(18-9-6-13-23-16-18)24-27-14-12-17-7-4-3-5-8-17/h3-11,13,15-16H,12,14H2,1-2H3. The van der Waals surface area contributed by atoms with Crippen LogP contribution in [0.15, 0.2) is 78.2 Å². The van der Waals surface area contributed by atoms with Gasteiger partial charge in [-0.3, -0.25) is 4.98 Å². The van der Waals surface area contributed by atoms with Gasteiger partial charge in [-0.15, -0.1) is 0 Å². The lowest BCUT2D eigenvalue weighted by atomic mass is 10.0. The molecule has 0 aliphatic heterocycles. The van der Waals surface area contributed by atoms with Gasteiger partial charge < -0.3 is 14.3 Å². The first kappa shape index (κ1) is 18.5. The highest BCUT2D eigenvalue weighted by atomic mass is 16.6. The van der Waals surface area contributed by atoms with Gasteiger partial charge >= 0.3 is 0 Å². The van der Waals surface area contributed by atoms with Crippen LogP contribution >= 0.6 is 0 Å². The lowest BCUT2D eigenvalue weighted by molar-refractivity contribution is 0.148. The van der Waals surface area contributed by atoms with Crippen molar-refractivity contribution in [2.24, 2.45) is 5.16 Å². The number of rotatable bonds is 8. The minimum absolute atomic E-state index is 0.478. The molecule has 0 atom stereocenters. The van der Waals surface area contributed by atoms with E-state index >= 15 is 0 Å². The van der Waals surface area contributed by atoms with Crippen LogP contribution < -0.4 is 9.47 Å². The minimum atomic E-state index is 0.478. The lowest BCUT2D eigenvalue weighted by Gasteiger charge is -2.12. The van der Waals surface area contributed by atoms with Crippen molar-refractivity contribution in [1.82, 2.24) is 4.98 Å². The number of hydrogen-bond acceptors (Lipinski definition) is 5. The molecule has 0 aliphatic rings. The van der Waals surface area contributed by atoms with Crippen LogP contribution in [0.4, 0.5) is 0 Å². The molecule has 0 aliphatic carbocycles. The predicted molar refractivity (Wildman–Crippen MR) is 106 cm³/mol. The highest BCUT2D eigenvalue weighted by Gasteiger charge is 2.15. The number of ether oxygens (including phenoxy) is 2. The monoisotopic (exact) mass is 362 g/mol. The normalized spacial score (nSPS) is 11.1. The molecule has 0 fully saturated rings. The zero-order valence-corrected chi connectivity index (χ0v) is 15.5. The van der Waals surface area contributed by atoms with Crippen LogP contribution in [0.3, 0.4) is 0 Å². The summed E-state index contributed by atoms with van der Waals surface area (Å²) in [4.78, 5) is 9.83. The molecule has 3 rings (SSSR count). The van der Waals surface area contributed by atoms with Gasteiger partial charge in [-0.05, 0) is 29.8 Å². The summed E-state index contributed by atoms with van der Waals surface area (Å²) in [5, 5.41) is 4.40. The summed E-state index contributed by atoms with van der Waals surface area (Å²) in [7, 11) is 3.24. The molecule has 0 unspecified atom stereocenters. The third-order valence-corrected chi connectivity index (χ3v) is 4.08. The Balaban J connectivity index is 1.86. The van der Waals surface area contributed by atoms with E-state index in [0.717, 1.165) is 17.5 Å². The van der Waals surface area contributed by atoms with Crippen molar-refractivity contribution in [2.45, 2.75) is 6.42 Å². The summed E-state index contributed by atoms with van der Waals surface area (Å²) >= 11 is 0. The number of hydrogen-bond donors (Lipinski definition) is 0. The van der Waals surface area contributed by atoms with Crippen molar-refractivity contribution < 1.29 is 14.3 Å². The van der Waals surface area contributed by atoms with Crippen molar-refractivity contribution in [1.29, 1.82) is 0 Å². The molecule has 0 spiro atoms. The van der Waals surface area contributed by atoms with E-state index in [1.165, 1.54) is 5.56 Å². The second kappa shape index (κ2) is 9.38. The molecule has 0 radical (unpaired) electrons. The molecule has 0 N–H and O–H groups in total. The first-order chi connectivity index (χ1) is 13.3. The van der Waals surface area contributed by atoms with E-state index in [9.17, 15) is 0 Å².